The number of carbonyl (C=O) groups is 2. The van der Waals surface area contributed by atoms with Gasteiger partial charge in [0.15, 0.2) is 0 Å². The van der Waals surface area contributed by atoms with Crippen molar-refractivity contribution in [3.05, 3.63) is 0 Å². The van der Waals surface area contributed by atoms with E-state index >= 15 is 0 Å². The van der Waals surface area contributed by atoms with Gasteiger partial charge in [0.05, 0.1) is 0 Å². The number of nitrogens with one attached hydrogen (secondary N) is 2. The third kappa shape index (κ3) is 3.49. The molecule has 0 unspecified atom stereocenters. The Labute approximate surface area is 89.3 Å². The van der Waals surface area contributed by atoms with E-state index in [1.807, 2.05) is 0 Å². The van der Waals surface area contributed by atoms with Crippen molar-refractivity contribution in [2.24, 2.45) is 0 Å². The van der Waals surface area contributed by atoms with Crippen molar-refractivity contribution >= 4 is 11.8 Å². The Bertz CT molecular complexity index is 226. The third-order valence-electron chi connectivity index (χ3n) is 2.19. The van der Waals surface area contributed by atoms with Crippen LogP contribution >= 0.6 is 0 Å². The second-order valence-electron chi connectivity index (χ2n) is 2.91. The van der Waals surface area contributed by atoms with E-state index in [1.54, 1.807) is 0 Å². The fourth-order valence-electron chi connectivity index (χ4n) is 1.18. The monoisotopic (exact) mass is 218 g/mol. The standard InChI is InChI=1S/C9H18N2O4/c1-10-7(12)5-6-9(14-3,15-4)8(13)11-2/h5-6H2,1-4H3,(H,10,12)(H,11,13). The maximum Gasteiger partial charge on any atom is 0.280 e. The van der Waals surface area contributed by atoms with E-state index < -0.39 is 11.7 Å². The molecule has 15 heavy (non-hydrogen) atoms. The van der Waals surface area contributed by atoms with Crippen LogP contribution in [0.2, 0.25) is 0 Å². The highest BCUT2D eigenvalue weighted by Crippen LogP contribution is 2.18. The molecule has 0 bridgehead atoms. The molecular weight excluding hydrogens is 200 g/mol. The Hall–Kier alpha value is -1.14. The lowest BCUT2D eigenvalue weighted by molar-refractivity contribution is -0.212. The molecule has 0 aromatic rings. The van der Waals surface area contributed by atoms with E-state index in [0.717, 1.165) is 0 Å². The van der Waals surface area contributed by atoms with Gasteiger partial charge < -0.3 is 20.1 Å². The molecule has 0 aliphatic heterocycles. The summed E-state index contributed by atoms with van der Waals surface area (Å²) in [5.74, 6) is -1.96. The van der Waals surface area contributed by atoms with Crippen LogP contribution in [0.4, 0.5) is 0 Å². The molecule has 0 heterocycles. The van der Waals surface area contributed by atoms with Crippen molar-refractivity contribution in [3.63, 3.8) is 0 Å². The van der Waals surface area contributed by atoms with E-state index in [9.17, 15) is 9.59 Å². The van der Waals surface area contributed by atoms with Crippen LogP contribution in [0.25, 0.3) is 0 Å². The number of hydrogen-bond donors (Lipinski definition) is 2. The number of ether oxygens (including phenoxy) is 2. The zero-order valence-electron chi connectivity index (χ0n) is 9.55. The second kappa shape index (κ2) is 6.36. The molecule has 0 radical (unpaired) electrons. The van der Waals surface area contributed by atoms with Crippen molar-refractivity contribution in [3.8, 4) is 0 Å². The van der Waals surface area contributed by atoms with Crippen molar-refractivity contribution < 1.29 is 19.1 Å². The number of carbonyl (C=O) groups excluding carboxylic acids is 2. The molecule has 0 aromatic heterocycles. The highest BCUT2D eigenvalue weighted by Gasteiger charge is 2.38. The van der Waals surface area contributed by atoms with E-state index in [-0.39, 0.29) is 18.7 Å². The van der Waals surface area contributed by atoms with Gasteiger partial charge in [0, 0.05) is 41.2 Å². The summed E-state index contributed by atoms with van der Waals surface area (Å²) in [6.07, 6.45) is 0.324. The zero-order valence-corrected chi connectivity index (χ0v) is 9.55. The number of amides is 2. The Kier molecular flexibility index (Phi) is 5.88. The largest absolute Gasteiger partial charge is 0.359 e. The minimum Gasteiger partial charge on any atom is -0.359 e. The summed E-state index contributed by atoms with van der Waals surface area (Å²) >= 11 is 0. The lowest BCUT2D eigenvalue weighted by Crippen LogP contribution is -2.49. The van der Waals surface area contributed by atoms with E-state index in [4.69, 9.17) is 9.47 Å². The summed E-state index contributed by atoms with van der Waals surface area (Å²) in [5.41, 5.74) is 0. The van der Waals surface area contributed by atoms with Gasteiger partial charge >= 0.3 is 0 Å². The predicted molar refractivity (Wildman–Crippen MR) is 54.1 cm³/mol. The van der Waals surface area contributed by atoms with Crippen LogP contribution in [0.5, 0.6) is 0 Å². The molecule has 0 atom stereocenters. The first-order valence-electron chi connectivity index (χ1n) is 4.59. The first kappa shape index (κ1) is 13.9. The average molecular weight is 218 g/mol. The van der Waals surface area contributed by atoms with Gasteiger partial charge in [0.2, 0.25) is 11.7 Å². The van der Waals surface area contributed by atoms with Crippen molar-refractivity contribution in [1.82, 2.24) is 10.6 Å². The maximum atomic E-state index is 11.5. The quantitative estimate of drug-likeness (QED) is 0.575. The molecule has 0 aliphatic carbocycles. The number of hydrogen-bond acceptors (Lipinski definition) is 4. The van der Waals surface area contributed by atoms with Gasteiger partial charge in [0.1, 0.15) is 0 Å². The van der Waals surface area contributed by atoms with Crippen molar-refractivity contribution in [2.45, 2.75) is 18.6 Å². The first-order chi connectivity index (χ1) is 7.06. The lowest BCUT2D eigenvalue weighted by atomic mass is 10.1. The van der Waals surface area contributed by atoms with Gasteiger partial charge in [-0.15, -0.1) is 0 Å². The molecule has 2 amide bonds. The minimum atomic E-state index is -1.39. The molecule has 0 aliphatic rings. The fourth-order valence-corrected chi connectivity index (χ4v) is 1.18. The molecule has 0 rings (SSSR count). The van der Waals surface area contributed by atoms with Gasteiger partial charge in [-0.1, -0.05) is 0 Å². The number of methoxy groups -OCH3 is 2. The molecule has 0 saturated carbocycles. The summed E-state index contributed by atoms with van der Waals surface area (Å²) in [6, 6.07) is 0. The Morgan fingerprint density at radius 1 is 1.13 bits per heavy atom. The zero-order chi connectivity index (χ0) is 11.9. The summed E-state index contributed by atoms with van der Waals surface area (Å²) in [4.78, 5) is 22.6. The van der Waals surface area contributed by atoms with Crippen LogP contribution in [0.15, 0.2) is 0 Å². The van der Waals surface area contributed by atoms with Gasteiger partial charge in [-0.25, -0.2) is 0 Å². The summed E-state index contributed by atoms with van der Waals surface area (Å²) < 4.78 is 10.0. The molecular formula is C9H18N2O4. The predicted octanol–water partition coefficient (Wildman–Crippen LogP) is -0.752. The summed E-state index contributed by atoms with van der Waals surface area (Å²) in [6.45, 7) is 0. The van der Waals surface area contributed by atoms with Crippen LogP contribution in [0.1, 0.15) is 12.8 Å². The van der Waals surface area contributed by atoms with Crippen LogP contribution in [0, 0.1) is 0 Å². The Morgan fingerprint density at radius 3 is 2.00 bits per heavy atom. The fraction of sp³-hybridized carbons (Fsp3) is 0.778. The molecule has 0 aromatic carbocycles. The highest BCUT2D eigenvalue weighted by atomic mass is 16.7. The first-order valence-corrected chi connectivity index (χ1v) is 4.59. The molecule has 6 nitrogen and oxygen atoms in total. The molecule has 2 N–H and O–H groups in total. The van der Waals surface area contributed by atoms with Gasteiger partial charge in [-0.2, -0.15) is 0 Å². The highest BCUT2D eigenvalue weighted by molar-refractivity contribution is 5.84. The lowest BCUT2D eigenvalue weighted by Gasteiger charge is -2.28. The molecule has 0 saturated heterocycles. The summed E-state index contributed by atoms with van der Waals surface area (Å²) in [5, 5.41) is 4.89. The average Bonchev–Trinajstić information content (AvgIpc) is 2.29. The topological polar surface area (TPSA) is 76.7 Å². The maximum absolute atomic E-state index is 11.5. The second-order valence-corrected chi connectivity index (χ2v) is 2.91. The molecule has 0 fully saturated rings. The molecule has 0 spiro atoms. The van der Waals surface area contributed by atoms with E-state index in [0.29, 0.717) is 0 Å². The van der Waals surface area contributed by atoms with Crippen molar-refractivity contribution in [2.75, 3.05) is 28.3 Å². The van der Waals surface area contributed by atoms with Crippen LogP contribution in [0.3, 0.4) is 0 Å². The number of likely N-dealkylation sites (N-methyl/N-ethyl adjacent to an activating group) is 1. The van der Waals surface area contributed by atoms with Crippen LogP contribution in [-0.4, -0.2) is 45.9 Å². The van der Waals surface area contributed by atoms with E-state index in [2.05, 4.69) is 10.6 Å². The van der Waals surface area contributed by atoms with Crippen LogP contribution in [-0.2, 0) is 19.1 Å². The van der Waals surface area contributed by atoms with Gasteiger partial charge in [0.25, 0.3) is 5.91 Å². The number of rotatable bonds is 6. The molecule has 88 valence electrons. The van der Waals surface area contributed by atoms with Crippen molar-refractivity contribution in [1.29, 1.82) is 0 Å². The Balaban J connectivity index is 4.50. The van der Waals surface area contributed by atoms with E-state index in [1.165, 1.54) is 28.3 Å². The third-order valence-corrected chi connectivity index (χ3v) is 2.19. The Morgan fingerprint density at radius 2 is 1.67 bits per heavy atom. The SMILES string of the molecule is CNC(=O)CCC(OC)(OC)C(=O)NC. The molecule has 6 heteroatoms. The normalized spacial score (nSPS) is 10.9. The summed E-state index contributed by atoms with van der Waals surface area (Å²) in [7, 11) is 5.74. The minimum absolute atomic E-state index is 0.158. The smallest absolute Gasteiger partial charge is 0.280 e. The van der Waals surface area contributed by atoms with Crippen LogP contribution < -0.4 is 10.6 Å². The van der Waals surface area contributed by atoms with Gasteiger partial charge in [-0.05, 0) is 0 Å². The van der Waals surface area contributed by atoms with Gasteiger partial charge in [-0.3, -0.25) is 9.59 Å².